The van der Waals surface area contributed by atoms with Gasteiger partial charge in [0.1, 0.15) is 17.9 Å². The molecule has 0 saturated carbocycles. The van der Waals surface area contributed by atoms with Crippen LogP contribution in [0.25, 0.3) is 11.0 Å². The van der Waals surface area contributed by atoms with Gasteiger partial charge in [0.25, 0.3) is 0 Å². The first kappa shape index (κ1) is 17.1. The van der Waals surface area contributed by atoms with Crippen molar-refractivity contribution < 1.29 is 19.3 Å². The summed E-state index contributed by atoms with van der Waals surface area (Å²) in [5.74, 6) is 0. The Hall–Kier alpha value is -2.29. The van der Waals surface area contributed by atoms with Crippen LogP contribution in [0.5, 0.6) is 0 Å². The molecule has 2 aromatic rings. The lowest BCUT2D eigenvalue weighted by Crippen LogP contribution is -2.42. The maximum atomic E-state index is 15.4. The molecule has 138 valence electrons. The Kier molecular flexibility index (Phi) is 3.87. The van der Waals surface area contributed by atoms with Crippen LogP contribution < -0.4 is 5.73 Å². The van der Waals surface area contributed by atoms with Gasteiger partial charge in [0.05, 0.1) is 23.7 Å². The number of aliphatic hydroxyl groups is 2. The number of pyridine rings is 1. The molecule has 4 rings (SSSR count). The number of nitrogens with two attached hydrogens (primary N) is 1. The fraction of sp³-hybridized carbons (Fsp3) is 0.444. The molecule has 7 nitrogen and oxygen atoms in total. The number of aliphatic imine (C=N–C) groups is 1. The number of hydrogen-bond donors (Lipinski definition) is 3. The summed E-state index contributed by atoms with van der Waals surface area (Å²) in [6.45, 7) is 3.29. The standard InChI is InChI=1S/C18H21FN4O3/c1-9(24)14-15(25)18(2,19)17(26-14)23-8-10(12-4-3-6-21-12)13-11(20)5-7-22-16(13)23/h3-5,7-9,14-15,17,24-25H,6H2,1-2H3,(H2,20,22)/t9?,14-,15-,17-,18-/m1/s1. The molecular formula is C18H21FN4O3. The largest absolute Gasteiger partial charge is 0.398 e. The van der Waals surface area contributed by atoms with E-state index in [0.29, 0.717) is 23.3 Å². The fourth-order valence-corrected chi connectivity index (χ4v) is 3.66. The number of allylic oxidation sites excluding steroid dienone is 1. The van der Waals surface area contributed by atoms with Crippen molar-refractivity contribution in [3.8, 4) is 0 Å². The summed E-state index contributed by atoms with van der Waals surface area (Å²) >= 11 is 0. The Bertz CT molecular complexity index is 919. The molecule has 2 aliphatic heterocycles. The van der Waals surface area contributed by atoms with E-state index in [1.54, 1.807) is 12.3 Å². The lowest BCUT2D eigenvalue weighted by atomic mass is 9.96. The van der Waals surface area contributed by atoms with E-state index in [0.717, 1.165) is 11.3 Å². The van der Waals surface area contributed by atoms with Crippen molar-refractivity contribution in [1.29, 1.82) is 0 Å². The maximum absolute atomic E-state index is 15.4. The minimum absolute atomic E-state index is 0.440. The van der Waals surface area contributed by atoms with E-state index >= 15 is 4.39 Å². The Morgan fingerprint density at radius 3 is 2.88 bits per heavy atom. The van der Waals surface area contributed by atoms with Crippen molar-refractivity contribution in [1.82, 2.24) is 9.55 Å². The summed E-state index contributed by atoms with van der Waals surface area (Å²) in [5, 5.41) is 20.8. The Balaban J connectivity index is 1.90. The summed E-state index contributed by atoms with van der Waals surface area (Å²) in [4.78, 5) is 8.77. The highest BCUT2D eigenvalue weighted by Crippen LogP contribution is 2.44. The zero-order valence-electron chi connectivity index (χ0n) is 14.5. The van der Waals surface area contributed by atoms with Gasteiger partial charge in [0.15, 0.2) is 11.9 Å². The molecule has 0 amide bonds. The second-order valence-corrected chi connectivity index (χ2v) is 6.97. The number of halogens is 1. The van der Waals surface area contributed by atoms with Gasteiger partial charge in [-0.2, -0.15) is 0 Å². The minimum Gasteiger partial charge on any atom is -0.398 e. The van der Waals surface area contributed by atoms with Crippen molar-refractivity contribution in [2.24, 2.45) is 4.99 Å². The molecule has 0 aliphatic carbocycles. The zero-order valence-corrected chi connectivity index (χ0v) is 14.5. The van der Waals surface area contributed by atoms with Crippen LogP contribution >= 0.6 is 0 Å². The van der Waals surface area contributed by atoms with Crippen LogP contribution in [0.2, 0.25) is 0 Å². The first-order valence-electron chi connectivity index (χ1n) is 8.49. The number of ether oxygens (including phenoxy) is 1. The molecular weight excluding hydrogens is 339 g/mol. The van der Waals surface area contributed by atoms with Crippen molar-refractivity contribution in [2.45, 2.75) is 44.1 Å². The highest BCUT2D eigenvalue weighted by molar-refractivity contribution is 6.19. The van der Waals surface area contributed by atoms with E-state index in [9.17, 15) is 10.2 Å². The molecule has 0 bridgehead atoms. The fourth-order valence-electron chi connectivity index (χ4n) is 3.66. The zero-order chi connectivity index (χ0) is 18.6. The Morgan fingerprint density at radius 2 is 2.27 bits per heavy atom. The molecule has 0 radical (unpaired) electrons. The van der Waals surface area contributed by atoms with Crippen LogP contribution in [0.1, 0.15) is 25.6 Å². The molecule has 0 spiro atoms. The van der Waals surface area contributed by atoms with Gasteiger partial charge in [-0.1, -0.05) is 6.08 Å². The van der Waals surface area contributed by atoms with E-state index in [-0.39, 0.29) is 0 Å². The minimum atomic E-state index is -2.12. The smallest absolute Gasteiger partial charge is 0.181 e. The molecule has 1 saturated heterocycles. The normalized spacial score (nSPS) is 32.3. The quantitative estimate of drug-likeness (QED) is 0.766. The monoisotopic (exact) mass is 360 g/mol. The third-order valence-corrected chi connectivity index (χ3v) is 5.05. The number of aliphatic hydroxyl groups excluding tert-OH is 2. The third kappa shape index (κ3) is 2.37. The van der Waals surface area contributed by atoms with Gasteiger partial charge in [0.2, 0.25) is 0 Å². The molecule has 4 heterocycles. The summed E-state index contributed by atoms with van der Waals surface area (Å²) in [6, 6.07) is 1.67. The lowest BCUT2D eigenvalue weighted by Gasteiger charge is -2.25. The van der Waals surface area contributed by atoms with E-state index in [2.05, 4.69) is 9.98 Å². The Morgan fingerprint density at radius 1 is 1.50 bits per heavy atom. The average molecular weight is 360 g/mol. The summed E-state index contributed by atoms with van der Waals surface area (Å²) in [6.07, 6.45) is 2.34. The average Bonchev–Trinajstić information content (AvgIpc) is 3.26. The van der Waals surface area contributed by atoms with E-state index in [1.165, 1.54) is 24.6 Å². The first-order valence-corrected chi connectivity index (χ1v) is 8.49. The van der Waals surface area contributed by atoms with Gasteiger partial charge in [-0.05, 0) is 26.0 Å². The first-order chi connectivity index (χ1) is 12.3. The summed E-state index contributed by atoms with van der Waals surface area (Å²) < 4.78 is 22.6. The van der Waals surface area contributed by atoms with Gasteiger partial charge >= 0.3 is 0 Å². The molecule has 4 N–H and O–H groups in total. The Labute approximate surface area is 149 Å². The van der Waals surface area contributed by atoms with E-state index in [4.69, 9.17) is 10.5 Å². The van der Waals surface area contributed by atoms with Gasteiger partial charge in [-0.15, -0.1) is 0 Å². The second-order valence-electron chi connectivity index (χ2n) is 6.97. The molecule has 1 fully saturated rings. The van der Waals surface area contributed by atoms with Crippen LogP contribution in [0.3, 0.4) is 0 Å². The number of nitrogens with zero attached hydrogens (tertiary/aromatic N) is 3. The van der Waals surface area contributed by atoms with Gasteiger partial charge < -0.3 is 25.3 Å². The number of hydrogen-bond acceptors (Lipinski definition) is 6. The summed E-state index contributed by atoms with van der Waals surface area (Å²) in [7, 11) is 0. The van der Waals surface area contributed by atoms with Crippen molar-refractivity contribution in [3.63, 3.8) is 0 Å². The predicted molar refractivity (Wildman–Crippen MR) is 95.8 cm³/mol. The van der Waals surface area contributed by atoms with Crippen LogP contribution in [-0.2, 0) is 4.74 Å². The number of rotatable bonds is 3. The van der Waals surface area contributed by atoms with Crippen LogP contribution in [0.4, 0.5) is 10.1 Å². The molecule has 5 atom stereocenters. The number of alkyl halides is 1. The van der Waals surface area contributed by atoms with E-state index < -0.39 is 30.2 Å². The number of fused-ring (bicyclic) bond motifs is 1. The highest BCUT2D eigenvalue weighted by Gasteiger charge is 2.56. The van der Waals surface area contributed by atoms with Crippen molar-refractivity contribution in [3.05, 3.63) is 36.2 Å². The molecule has 26 heavy (non-hydrogen) atoms. The number of aromatic nitrogens is 2. The molecule has 8 heteroatoms. The number of anilines is 1. The van der Waals surface area contributed by atoms with Crippen molar-refractivity contribution in [2.75, 3.05) is 12.3 Å². The molecule has 2 aliphatic rings. The summed E-state index contributed by atoms with van der Waals surface area (Å²) in [5.41, 5.74) is 6.43. The van der Waals surface area contributed by atoms with Crippen molar-refractivity contribution >= 4 is 22.4 Å². The maximum Gasteiger partial charge on any atom is 0.181 e. The van der Waals surface area contributed by atoms with Gasteiger partial charge in [0, 0.05) is 23.6 Å². The molecule has 0 aromatic carbocycles. The van der Waals surface area contributed by atoms with Crippen LogP contribution in [-0.4, -0.2) is 56.0 Å². The van der Waals surface area contributed by atoms with Crippen LogP contribution in [0, 0.1) is 0 Å². The number of nitrogen functional groups attached to an aromatic ring is 1. The predicted octanol–water partition coefficient (Wildman–Crippen LogP) is 1.34. The van der Waals surface area contributed by atoms with Gasteiger partial charge in [-0.25, -0.2) is 9.37 Å². The lowest BCUT2D eigenvalue weighted by molar-refractivity contribution is -0.0793. The second kappa shape index (κ2) is 5.87. The molecule has 2 aromatic heterocycles. The topological polar surface area (TPSA) is 106 Å². The SMILES string of the molecule is CC(O)[C@H]1O[C@@H](n2cc(C3=NCC=C3)c3c(N)ccnc32)[C@](C)(F)[C@@H]1O. The highest BCUT2D eigenvalue weighted by atomic mass is 19.1. The third-order valence-electron chi connectivity index (χ3n) is 5.05. The van der Waals surface area contributed by atoms with Crippen LogP contribution in [0.15, 0.2) is 35.6 Å². The van der Waals surface area contributed by atoms with E-state index in [1.807, 2.05) is 12.2 Å². The molecule has 1 unspecified atom stereocenters. The van der Waals surface area contributed by atoms with Gasteiger partial charge in [-0.3, -0.25) is 4.99 Å².